The Bertz CT molecular complexity index is 1440. The van der Waals surface area contributed by atoms with E-state index in [1.165, 1.54) is 35.9 Å². The molecule has 168 valence electrons. The smallest absolute Gasteiger partial charge is 0.251 e. The van der Waals surface area contributed by atoms with Crippen LogP contribution in [0.1, 0.15) is 28.8 Å². The number of ether oxygens (including phenoxy) is 2. The van der Waals surface area contributed by atoms with E-state index in [0.29, 0.717) is 11.3 Å². The predicted molar refractivity (Wildman–Crippen MR) is 119 cm³/mol. The van der Waals surface area contributed by atoms with Gasteiger partial charge in [0.05, 0.1) is 25.1 Å². The normalized spacial score (nSPS) is 13.2. The standard InChI is InChI=1S/C24H21FN4O4/c1-13-9-14(3-7-17(13)24(31)27-15-4-5-15)19-12-26-23-20(30)11-22(28-29(19)23)33-16-6-8-21(32-2)18(25)10-16/h3,6-12,15,28H,4-5H2,1-2H3,(H,27,31). The average molecular weight is 448 g/mol. The van der Waals surface area contributed by atoms with Crippen molar-refractivity contribution in [3.05, 3.63) is 75.8 Å². The minimum atomic E-state index is -0.581. The number of halogens is 1. The van der Waals surface area contributed by atoms with E-state index in [9.17, 15) is 14.0 Å². The van der Waals surface area contributed by atoms with Crippen LogP contribution in [0.25, 0.3) is 16.9 Å². The average Bonchev–Trinajstić information content (AvgIpc) is 3.49. The van der Waals surface area contributed by atoms with Gasteiger partial charge in [-0.15, -0.1) is 0 Å². The van der Waals surface area contributed by atoms with Crippen LogP contribution >= 0.6 is 0 Å². The maximum atomic E-state index is 14.0. The summed E-state index contributed by atoms with van der Waals surface area (Å²) in [6.45, 7) is 1.87. The number of carbonyl (C=O) groups is 1. The largest absolute Gasteiger partial charge is 0.494 e. The van der Waals surface area contributed by atoms with Crippen LogP contribution in [0.3, 0.4) is 0 Å². The molecule has 0 radical (unpaired) electrons. The molecule has 0 saturated heterocycles. The summed E-state index contributed by atoms with van der Waals surface area (Å²) in [4.78, 5) is 29.2. The molecular weight excluding hydrogens is 427 g/mol. The van der Waals surface area contributed by atoms with E-state index < -0.39 is 5.82 Å². The summed E-state index contributed by atoms with van der Waals surface area (Å²) in [7, 11) is 1.37. The van der Waals surface area contributed by atoms with Gasteiger partial charge in [-0.3, -0.25) is 14.7 Å². The second kappa shape index (κ2) is 8.09. The van der Waals surface area contributed by atoms with Crippen molar-refractivity contribution in [3.8, 4) is 28.6 Å². The number of carbonyl (C=O) groups excluding carboxylic acids is 1. The van der Waals surface area contributed by atoms with Gasteiger partial charge >= 0.3 is 0 Å². The first-order chi connectivity index (χ1) is 15.9. The number of hydrogen-bond acceptors (Lipinski definition) is 5. The van der Waals surface area contributed by atoms with Crippen molar-refractivity contribution in [2.45, 2.75) is 25.8 Å². The number of aromatic amines is 1. The molecule has 1 aliphatic rings. The van der Waals surface area contributed by atoms with Gasteiger partial charge in [-0.25, -0.2) is 13.9 Å². The molecule has 5 rings (SSSR count). The van der Waals surface area contributed by atoms with Crippen molar-refractivity contribution >= 4 is 11.6 Å². The van der Waals surface area contributed by atoms with E-state index >= 15 is 0 Å². The first-order valence-corrected chi connectivity index (χ1v) is 10.5. The second-order valence-corrected chi connectivity index (χ2v) is 7.96. The van der Waals surface area contributed by atoms with E-state index in [1.54, 1.807) is 12.3 Å². The molecule has 0 bridgehead atoms. The summed E-state index contributed by atoms with van der Waals surface area (Å²) >= 11 is 0. The van der Waals surface area contributed by atoms with Gasteiger partial charge in [0.2, 0.25) is 17.0 Å². The van der Waals surface area contributed by atoms with Gasteiger partial charge in [0.1, 0.15) is 5.75 Å². The second-order valence-electron chi connectivity index (χ2n) is 7.96. The third kappa shape index (κ3) is 4.05. The highest BCUT2D eigenvalue weighted by Crippen LogP contribution is 2.27. The molecule has 0 unspecified atom stereocenters. The SMILES string of the molecule is COc1ccc(Oc2cc(=O)c3ncc(-c4ccc(C(=O)NC5CC5)c(C)c4)n3[nH]2)cc1F. The molecule has 1 fully saturated rings. The maximum absolute atomic E-state index is 14.0. The molecule has 0 spiro atoms. The third-order valence-electron chi connectivity index (χ3n) is 5.50. The van der Waals surface area contributed by atoms with Crippen molar-refractivity contribution in [2.24, 2.45) is 0 Å². The maximum Gasteiger partial charge on any atom is 0.251 e. The van der Waals surface area contributed by atoms with Crippen LogP contribution in [-0.4, -0.2) is 33.7 Å². The summed E-state index contributed by atoms with van der Waals surface area (Å²) in [6.07, 6.45) is 3.61. The number of imidazole rings is 1. The van der Waals surface area contributed by atoms with Gasteiger partial charge in [0.15, 0.2) is 11.6 Å². The Hall–Kier alpha value is -4.14. The number of aromatic nitrogens is 3. The monoisotopic (exact) mass is 448 g/mol. The van der Waals surface area contributed by atoms with Gasteiger partial charge in [-0.1, -0.05) is 6.07 Å². The molecule has 4 aromatic rings. The number of hydrogen-bond donors (Lipinski definition) is 2. The molecule has 0 atom stereocenters. The van der Waals surface area contributed by atoms with E-state index in [0.717, 1.165) is 24.0 Å². The summed E-state index contributed by atoms with van der Waals surface area (Å²) < 4.78 is 26.1. The van der Waals surface area contributed by atoms with Crippen molar-refractivity contribution in [1.82, 2.24) is 19.9 Å². The van der Waals surface area contributed by atoms with Gasteiger partial charge in [-0.2, -0.15) is 0 Å². The molecule has 1 saturated carbocycles. The number of methoxy groups -OCH3 is 1. The van der Waals surface area contributed by atoms with Gasteiger partial charge < -0.3 is 14.8 Å². The van der Waals surface area contributed by atoms with Gasteiger partial charge in [0.25, 0.3) is 5.91 Å². The number of nitrogens with one attached hydrogen (secondary N) is 2. The predicted octanol–water partition coefficient (Wildman–Crippen LogP) is 3.83. The molecule has 2 aromatic heterocycles. The Morgan fingerprint density at radius 1 is 1.21 bits per heavy atom. The van der Waals surface area contributed by atoms with E-state index in [-0.39, 0.29) is 40.4 Å². The van der Waals surface area contributed by atoms with Crippen molar-refractivity contribution in [1.29, 1.82) is 0 Å². The van der Waals surface area contributed by atoms with Crippen LogP contribution in [0.15, 0.2) is 53.5 Å². The van der Waals surface area contributed by atoms with Crippen LogP contribution in [0, 0.1) is 12.7 Å². The number of fused-ring (bicyclic) bond motifs is 1. The highest BCUT2D eigenvalue weighted by molar-refractivity contribution is 5.96. The molecule has 1 amide bonds. The lowest BCUT2D eigenvalue weighted by molar-refractivity contribution is 0.0950. The van der Waals surface area contributed by atoms with Crippen molar-refractivity contribution in [3.63, 3.8) is 0 Å². The number of nitrogens with zero attached hydrogens (tertiary/aromatic N) is 2. The molecule has 33 heavy (non-hydrogen) atoms. The summed E-state index contributed by atoms with van der Waals surface area (Å²) in [5.74, 6) is -0.258. The minimum absolute atomic E-state index is 0.0875. The van der Waals surface area contributed by atoms with Crippen LogP contribution in [0.5, 0.6) is 17.4 Å². The highest BCUT2D eigenvalue weighted by atomic mass is 19.1. The quantitative estimate of drug-likeness (QED) is 0.467. The number of benzene rings is 2. The zero-order valence-electron chi connectivity index (χ0n) is 18.0. The van der Waals surface area contributed by atoms with Gasteiger partial charge in [-0.05, 0) is 49.6 Å². The highest BCUT2D eigenvalue weighted by Gasteiger charge is 2.24. The fourth-order valence-electron chi connectivity index (χ4n) is 3.63. The fourth-order valence-corrected chi connectivity index (χ4v) is 3.63. The van der Waals surface area contributed by atoms with Gasteiger partial charge in [0, 0.05) is 23.2 Å². The van der Waals surface area contributed by atoms with Crippen LogP contribution in [0.4, 0.5) is 4.39 Å². The molecule has 2 N–H and O–H groups in total. The van der Waals surface area contributed by atoms with Crippen molar-refractivity contribution in [2.75, 3.05) is 7.11 Å². The molecule has 1 aliphatic carbocycles. The molecular formula is C24H21FN4O4. The van der Waals surface area contributed by atoms with Crippen LogP contribution < -0.4 is 20.2 Å². The fraction of sp³-hybridized carbons (Fsp3) is 0.208. The topological polar surface area (TPSA) is 97.7 Å². The lowest BCUT2D eigenvalue weighted by Gasteiger charge is -2.11. The number of amides is 1. The van der Waals surface area contributed by atoms with Crippen molar-refractivity contribution < 1.29 is 18.7 Å². The molecule has 8 nitrogen and oxygen atoms in total. The van der Waals surface area contributed by atoms with Crippen LogP contribution in [0.2, 0.25) is 0 Å². The Kier molecular flexibility index (Phi) is 5.08. The zero-order valence-corrected chi connectivity index (χ0v) is 18.0. The lowest BCUT2D eigenvalue weighted by atomic mass is 10.0. The van der Waals surface area contributed by atoms with E-state index in [4.69, 9.17) is 9.47 Å². The Morgan fingerprint density at radius 2 is 2.03 bits per heavy atom. The molecule has 0 aliphatic heterocycles. The number of H-pyrrole nitrogens is 1. The molecule has 9 heteroatoms. The summed E-state index contributed by atoms with van der Waals surface area (Å²) in [6, 6.07) is 11.1. The Labute approximate surface area is 188 Å². The minimum Gasteiger partial charge on any atom is -0.494 e. The first-order valence-electron chi connectivity index (χ1n) is 10.5. The third-order valence-corrected chi connectivity index (χ3v) is 5.50. The van der Waals surface area contributed by atoms with E-state index in [1.807, 2.05) is 19.1 Å². The Balaban J connectivity index is 1.49. The first kappa shape index (κ1) is 20.7. The molecule has 2 aromatic carbocycles. The number of rotatable bonds is 6. The Morgan fingerprint density at radius 3 is 2.73 bits per heavy atom. The molecule has 2 heterocycles. The number of aryl methyl sites for hydroxylation is 1. The lowest BCUT2D eigenvalue weighted by Crippen LogP contribution is -2.26. The van der Waals surface area contributed by atoms with E-state index in [2.05, 4.69) is 15.4 Å². The summed E-state index contributed by atoms with van der Waals surface area (Å²) in [5, 5.41) is 5.99. The zero-order chi connectivity index (χ0) is 23.1. The summed E-state index contributed by atoms with van der Waals surface area (Å²) in [5.41, 5.74) is 2.63. The van der Waals surface area contributed by atoms with Crippen LogP contribution in [-0.2, 0) is 0 Å².